The molecular weight excluding hydrogens is 281 g/mol. The second kappa shape index (κ2) is 6.08. The van der Waals surface area contributed by atoms with Gasteiger partial charge in [-0.25, -0.2) is 0 Å². The summed E-state index contributed by atoms with van der Waals surface area (Å²) in [5, 5.41) is 0. The summed E-state index contributed by atoms with van der Waals surface area (Å²) in [5.41, 5.74) is 1.03. The number of halogens is 3. The van der Waals surface area contributed by atoms with Crippen LogP contribution in [0.2, 0.25) is 0 Å². The first-order valence-corrected chi connectivity index (χ1v) is 6.34. The lowest BCUT2D eigenvalue weighted by atomic mass is 10.1. The zero-order valence-corrected chi connectivity index (χ0v) is 11.7. The van der Waals surface area contributed by atoms with Gasteiger partial charge in [-0.15, -0.1) is 0 Å². The van der Waals surface area contributed by atoms with E-state index in [1.807, 2.05) is 19.1 Å². The van der Waals surface area contributed by atoms with Crippen molar-refractivity contribution in [1.82, 2.24) is 0 Å². The van der Waals surface area contributed by atoms with Crippen LogP contribution in [-0.2, 0) is 12.8 Å². The molecule has 0 radical (unpaired) electrons. The largest absolute Gasteiger partial charge is 0.493 e. The molecule has 0 aromatic heterocycles. The highest BCUT2D eigenvalue weighted by molar-refractivity contribution is 5.42. The van der Waals surface area contributed by atoms with Gasteiger partial charge in [0.15, 0.2) is 11.5 Å². The van der Waals surface area contributed by atoms with Gasteiger partial charge in [-0.1, -0.05) is 18.2 Å². The summed E-state index contributed by atoms with van der Waals surface area (Å²) < 4.78 is 48.2. The average molecular weight is 296 g/mol. The molecule has 0 fully saturated rings. The lowest BCUT2D eigenvalue weighted by molar-refractivity contribution is -0.137. The number of ether oxygens (including phenoxy) is 2. The maximum absolute atomic E-state index is 12.5. The van der Waals surface area contributed by atoms with Crippen LogP contribution in [-0.4, -0.2) is 7.11 Å². The normalized spacial score (nSPS) is 11.3. The van der Waals surface area contributed by atoms with Gasteiger partial charge < -0.3 is 9.47 Å². The molecule has 0 aliphatic rings. The van der Waals surface area contributed by atoms with Crippen molar-refractivity contribution in [3.05, 3.63) is 59.2 Å². The summed E-state index contributed by atoms with van der Waals surface area (Å²) in [6, 6.07) is 10.4. The van der Waals surface area contributed by atoms with E-state index in [1.54, 1.807) is 13.2 Å². The van der Waals surface area contributed by atoms with Crippen LogP contribution < -0.4 is 9.47 Å². The molecule has 0 saturated heterocycles. The summed E-state index contributed by atoms with van der Waals surface area (Å²) in [4.78, 5) is 0. The van der Waals surface area contributed by atoms with Crippen molar-refractivity contribution < 1.29 is 22.6 Å². The van der Waals surface area contributed by atoms with E-state index >= 15 is 0 Å². The minimum atomic E-state index is -4.32. The van der Waals surface area contributed by atoms with Crippen LogP contribution in [0.4, 0.5) is 13.2 Å². The number of hydrogen-bond donors (Lipinski definition) is 0. The van der Waals surface area contributed by atoms with E-state index in [2.05, 4.69) is 0 Å². The molecule has 0 heterocycles. The summed E-state index contributed by atoms with van der Waals surface area (Å²) in [6.07, 6.45) is -4.32. The second-order valence-electron chi connectivity index (χ2n) is 4.64. The molecular formula is C16H15F3O2. The molecule has 21 heavy (non-hydrogen) atoms. The van der Waals surface area contributed by atoms with Gasteiger partial charge in [0.25, 0.3) is 0 Å². The molecule has 2 rings (SSSR count). The molecule has 2 aromatic carbocycles. The maximum Gasteiger partial charge on any atom is 0.416 e. The Hall–Kier alpha value is -2.17. The zero-order valence-electron chi connectivity index (χ0n) is 11.7. The van der Waals surface area contributed by atoms with Crippen molar-refractivity contribution in [3.63, 3.8) is 0 Å². The van der Waals surface area contributed by atoms with Crippen LogP contribution >= 0.6 is 0 Å². The maximum atomic E-state index is 12.5. The predicted octanol–water partition coefficient (Wildman–Crippen LogP) is 4.60. The Labute approximate surface area is 121 Å². The molecule has 0 atom stereocenters. The van der Waals surface area contributed by atoms with E-state index in [0.29, 0.717) is 17.1 Å². The van der Waals surface area contributed by atoms with Crippen molar-refractivity contribution in [2.24, 2.45) is 0 Å². The third kappa shape index (κ3) is 3.90. The zero-order chi connectivity index (χ0) is 15.5. The Balaban J connectivity index is 2.07. The molecule has 2 aromatic rings. The van der Waals surface area contributed by atoms with E-state index in [4.69, 9.17) is 9.47 Å². The van der Waals surface area contributed by atoms with Gasteiger partial charge in [-0.3, -0.25) is 0 Å². The second-order valence-corrected chi connectivity index (χ2v) is 4.64. The van der Waals surface area contributed by atoms with Crippen molar-refractivity contribution >= 4 is 0 Å². The monoisotopic (exact) mass is 296 g/mol. The fourth-order valence-electron chi connectivity index (χ4n) is 1.85. The third-order valence-corrected chi connectivity index (χ3v) is 2.99. The number of methoxy groups -OCH3 is 1. The Morgan fingerprint density at radius 1 is 0.952 bits per heavy atom. The van der Waals surface area contributed by atoms with Crippen molar-refractivity contribution in [1.29, 1.82) is 0 Å². The summed E-state index contributed by atoms with van der Waals surface area (Å²) >= 11 is 0. The van der Waals surface area contributed by atoms with Crippen LogP contribution in [0.15, 0.2) is 42.5 Å². The highest BCUT2D eigenvalue weighted by Crippen LogP contribution is 2.30. The smallest absolute Gasteiger partial charge is 0.416 e. The number of alkyl halides is 3. The Morgan fingerprint density at radius 2 is 1.62 bits per heavy atom. The Morgan fingerprint density at radius 3 is 2.19 bits per heavy atom. The molecule has 5 heteroatoms. The SMILES string of the molecule is COc1cc(C)ccc1OCc1ccc(C(F)(F)F)cc1. The van der Waals surface area contributed by atoms with Crippen LogP contribution in [0.3, 0.4) is 0 Å². The minimum Gasteiger partial charge on any atom is -0.493 e. The number of rotatable bonds is 4. The average Bonchev–Trinajstić information content (AvgIpc) is 2.45. The number of benzene rings is 2. The molecule has 112 valence electrons. The highest BCUT2D eigenvalue weighted by Gasteiger charge is 2.29. The van der Waals surface area contributed by atoms with Gasteiger partial charge in [-0.2, -0.15) is 13.2 Å². The lowest BCUT2D eigenvalue weighted by Crippen LogP contribution is -2.05. The van der Waals surface area contributed by atoms with Gasteiger partial charge >= 0.3 is 6.18 Å². The molecule has 0 unspecified atom stereocenters. The molecule has 0 N–H and O–H groups in total. The summed E-state index contributed by atoms with van der Waals surface area (Å²) in [6.45, 7) is 2.11. The topological polar surface area (TPSA) is 18.5 Å². The van der Waals surface area contributed by atoms with Gasteiger partial charge in [0, 0.05) is 0 Å². The fourth-order valence-corrected chi connectivity index (χ4v) is 1.85. The minimum absolute atomic E-state index is 0.178. The van der Waals surface area contributed by atoms with Gasteiger partial charge in [0.2, 0.25) is 0 Å². The predicted molar refractivity (Wildman–Crippen MR) is 73.5 cm³/mol. The van der Waals surface area contributed by atoms with Crippen LogP contribution in [0, 0.1) is 6.92 Å². The number of aryl methyl sites for hydroxylation is 1. The van der Waals surface area contributed by atoms with Crippen LogP contribution in [0.25, 0.3) is 0 Å². The van der Waals surface area contributed by atoms with Gasteiger partial charge in [0.05, 0.1) is 12.7 Å². The van der Waals surface area contributed by atoms with Crippen LogP contribution in [0.1, 0.15) is 16.7 Å². The van der Waals surface area contributed by atoms with Crippen molar-refractivity contribution in [2.45, 2.75) is 19.7 Å². The molecule has 0 aliphatic heterocycles. The van der Waals surface area contributed by atoms with Crippen LogP contribution in [0.5, 0.6) is 11.5 Å². The van der Waals surface area contributed by atoms with Crippen molar-refractivity contribution in [2.75, 3.05) is 7.11 Å². The van der Waals surface area contributed by atoms with E-state index in [1.165, 1.54) is 12.1 Å². The molecule has 0 aliphatic carbocycles. The summed E-state index contributed by atoms with van der Waals surface area (Å²) in [5.74, 6) is 1.16. The first kappa shape index (κ1) is 15.2. The fraction of sp³-hybridized carbons (Fsp3) is 0.250. The molecule has 2 nitrogen and oxygen atoms in total. The number of hydrogen-bond acceptors (Lipinski definition) is 2. The van der Waals surface area contributed by atoms with E-state index in [9.17, 15) is 13.2 Å². The Bertz CT molecular complexity index is 604. The first-order chi connectivity index (χ1) is 9.90. The van der Waals surface area contributed by atoms with Gasteiger partial charge in [0.1, 0.15) is 6.61 Å². The molecule has 0 saturated carbocycles. The molecule has 0 bridgehead atoms. The first-order valence-electron chi connectivity index (χ1n) is 6.34. The molecule has 0 amide bonds. The van der Waals surface area contributed by atoms with Crippen molar-refractivity contribution in [3.8, 4) is 11.5 Å². The summed E-state index contributed by atoms with van der Waals surface area (Å²) in [7, 11) is 1.54. The third-order valence-electron chi connectivity index (χ3n) is 2.99. The molecule has 0 spiro atoms. The standard InChI is InChI=1S/C16H15F3O2/c1-11-3-8-14(15(9-11)20-2)21-10-12-4-6-13(7-5-12)16(17,18)19/h3-9H,10H2,1-2H3. The van der Waals surface area contributed by atoms with E-state index < -0.39 is 11.7 Å². The van der Waals surface area contributed by atoms with Gasteiger partial charge in [-0.05, 0) is 42.3 Å². The Kier molecular flexibility index (Phi) is 4.40. The van der Waals surface area contributed by atoms with E-state index in [0.717, 1.165) is 17.7 Å². The quantitative estimate of drug-likeness (QED) is 0.821. The van der Waals surface area contributed by atoms with E-state index in [-0.39, 0.29) is 6.61 Å². The highest BCUT2D eigenvalue weighted by atomic mass is 19.4. The lowest BCUT2D eigenvalue weighted by Gasteiger charge is -2.12.